The molecule has 0 spiro atoms. The molecule has 216 valence electrons. The minimum Gasteiger partial charge on any atom is -0.497 e. The minimum absolute atomic E-state index is 0.251. The summed E-state index contributed by atoms with van der Waals surface area (Å²) in [6.07, 6.45) is 4.50. The lowest BCUT2D eigenvalue weighted by molar-refractivity contribution is -0.246. The third-order valence-electron chi connectivity index (χ3n) is 7.81. The van der Waals surface area contributed by atoms with Crippen molar-refractivity contribution in [1.82, 2.24) is 4.90 Å². The lowest BCUT2D eigenvalue weighted by Crippen LogP contribution is -2.41. The molecule has 2 aromatic rings. The molecule has 0 saturated carbocycles. The summed E-state index contributed by atoms with van der Waals surface area (Å²) in [6, 6.07) is 11.2. The highest BCUT2D eigenvalue weighted by Gasteiger charge is 2.60. The number of rotatable bonds is 12. The Morgan fingerprint density at radius 1 is 0.950 bits per heavy atom. The highest BCUT2D eigenvalue weighted by atomic mass is 17.2. The Balaban J connectivity index is 1.58. The van der Waals surface area contributed by atoms with Gasteiger partial charge in [0, 0.05) is 12.1 Å². The number of nitrogens with zero attached hydrogens (tertiary/aromatic N) is 1. The average Bonchev–Trinajstić information content (AvgIpc) is 3.75. The van der Waals surface area contributed by atoms with Crippen LogP contribution in [0.25, 0.3) is 0 Å². The summed E-state index contributed by atoms with van der Waals surface area (Å²) in [5, 5.41) is 0. The van der Waals surface area contributed by atoms with Gasteiger partial charge in [0.05, 0.1) is 41.0 Å². The van der Waals surface area contributed by atoms with E-state index in [4.69, 9.17) is 38.2 Å². The first kappa shape index (κ1) is 28.1. The van der Waals surface area contributed by atoms with Gasteiger partial charge in [-0.15, -0.1) is 0 Å². The summed E-state index contributed by atoms with van der Waals surface area (Å²) in [5.74, 6) is -0.464. The fourth-order valence-corrected chi connectivity index (χ4v) is 5.83. The van der Waals surface area contributed by atoms with Gasteiger partial charge in [-0.1, -0.05) is 0 Å². The number of carbonyl (C=O) groups excluding carboxylic acids is 1. The second kappa shape index (κ2) is 12.4. The maximum Gasteiger partial charge on any atom is 0.320 e. The fraction of sp³-hybridized carbons (Fsp3) is 0.500. The van der Waals surface area contributed by atoms with Crippen molar-refractivity contribution < 1.29 is 43.0 Å². The second-order valence-electron chi connectivity index (χ2n) is 10.0. The van der Waals surface area contributed by atoms with Crippen molar-refractivity contribution in [3.8, 4) is 23.0 Å². The Kier molecular flexibility index (Phi) is 8.68. The van der Waals surface area contributed by atoms with Crippen molar-refractivity contribution in [1.29, 1.82) is 0 Å². The largest absolute Gasteiger partial charge is 0.497 e. The highest BCUT2D eigenvalue weighted by Crippen LogP contribution is 2.51. The number of methoxy groups -OCH3 is 4. The molecular formula is C30H37NO9. The van der Waals surface area contributed by atoms with Gasteiger partial charge in [-0.2, -0.15) is 4.89 Å². The average molecular weight is 556 g/mol. The number of ether oxygens (including phenoxy) is 6. The van der Waals surface area contributed by atoms with Crippen LogP contribution >= 0.6 is 0 Å². The number of hydrogen-bond acceptors (Lipinski definition) is 10. The van der Waals surface area contributed by atoms with Crippen LogP contribution < -0.4 is 18.9 Å². The van der Waals surface area contributed by atoms with Gasteiger partial charge < -0.3 is 38.2 Å². The number of likely N-dealkylation sites (tertiary alicyclic amines) is 1. The van der Waals surface area contributed by atoms with Gasteiger partial charge in [-0.05, 0) is 80.4 Å². The molecule has 40 heavy (non-hydrogen) atoms. The zero-order valence-corrected chi connectivity index (χ0v) is 23.5. The number of cyclic esters (lactones) is 1. The molecular weight excluding hydrogens is 518 g/mol. The molecule has 0 aliphatic carbocycles. The van der Waals surface area contributed by atoms with E-state index < -0.39 is 23.6 Å². The zero-order valence-electron chi connectivity index (χ0n) is 23.5. The lowest BCUT2D eigenvalue weighted by atomic mass is 9.78. The molecule has 0 bridgehead atoms. The maximum absolute atomic E-state index is 13.7. The van der Waals surface area contributed by atoms with Crippen molar-refractivity contribution in [3.63, 3.8) is 0 Å². The molecule has 2 fully saturated rings. The first-order valence-corrected chi connectivity index (χ1v) is 13.5. The Morgan fingerprint density at radius 2 is 1.65 bits per heavy atom. The fourth-order valence-electron chi connectivity index (χ4n) is 5.83. The number of benzene rings is 2. The van der Waals surface area contributed by atoms with Crippen LogP contribution in [0.3, 0.4) is 0 Å². The molecule has 3 aliphatic heterocycles. The van der Waals surface area contributed by atoms with Gasteiger partial charge in [0.2, 0.25) is 11.5 Å². The van der Waals surface area contributed by atoms with E-state index >= 15 is 0 Å². The molecule has 3 atom stereocenters. The molecule has 5 rings (SSSR count). The van der Waals surface area contributed by atoms with E-state index in [0.29, 0.717) is 47.3 Å². The van der Waals surface area contributed by atoms with E-state index in [-0.39, 0.29) is 6.61 Å². The lowest BCUT2D eigenvalue weighted by Gasteiger charge is -2.35. The summed E-state index contributed by atoms with van der Waals surface area (Å²) in [6.45, 7) is 3.44. The predicted octanol–water partition coefficient (Wildman–Crippen LogP) is 3.86. The Hall–Kier alpha value is -3.47. The van der Waals surface area contributed by atoms with Gasteiger partial charge in [-0.3, -0.25) is 4.79 Å². The molecule has 0 radical (unpaired) electrons. The van der Waals surface area contributed by atoms with Crippen molar-refractivity contribution >= 4 is 5.97 Å². The van der Waals surface area contributed by atoms with Crippen LogP contribution in [0.4, 0.5) is 0 Å². The molecule has 3 heterocycles. The van der Waals surface area contributed by atoms with Gasteiger partial charge in [0.25, 0.3) is 0 Å². The summed E-state index contributed by atoms with van der Waals surface area (Å²) in [7, 11) is 6.32. The molecule has 2 aromatic carbocycles. The van der Waals surface area contributed by atoms with E-state index in [1.165, 1.54) is 12.8 Å². The predicted molar refractivity (Wildman–Crippen MR) is 144 cm³/mol. The smallest absolute Gasteiger partial charge is 0.320 e. The molecule has 0 amide bonds. The molecule has 2 saturated heterocycles. The van der Waals surface area contributed by atoms with Crippen molar-refractivity contribution in [3.05, 3.63) is 59.4 Å². The van der Waals surface area contributed by atoms with E-state index in [2.05, 4.69) is 4.90 Å². The first-order valence-electron chi connectivity index (χ1n) is 13.5. The third kappa shape index (κ3) is 5.43. The van der Waals surface area contributed by atoms with Gasteiger partial charge in [0.15, 0.2) is 17.3 Å². The standard InChI is InChI=1S/C30H37NO9/c1-33-22-9-7-21(8-10-22)30(37-16-14-31-12-5-6-13-31)23(27(29(32)39-30)24-11-15-38-40-24)17-20-18-25(34-2)28(36-4)26(19-20)35-3/h7-11,18-19,23,27H,5-6,12-17H2,1-4H3. The minimum atomic E-state index is -1.39. The van der Waals surface area contributed by atoms with Gasteiger partial charge >= 0.3 is 5.97 Å². The summed E-state index contributed by atoms with van der Waals surface area (Å²) >= 11 is 0. The van der Waals surface area contributed by atoms with Crippen LogP contribution in [0.15, 0.2) is 48.2 Å². The molecule has 0 aromatic heterocycles. The molecule has 10 nitrogen and oxygen atoms in total. The summed E-state index contributed by atoms with van der Waals surface area (Å²) in [5.41, 5.74) is 1.56. The number of esters is 1. The zero-order chi connectivity index (χ0) is 28.1. The normalized spacial score (nSPS) is 24.4. The molecule has 3 unspecified atom stereocenters. The molecule has 0 N–H and O–H groups in total. The van der Waals surface area contributed by atoms with Crippen molar-refractivity contribution in [2.24, 2.45) is 11.8 Å². The second-order valence-corrected chi connectivity index (χ2v) is 10.0. The van der Waals surface area contributed by atoms with Gasteiger partial charge in [0.1, 0.15) is 18.3 Å². The van der Waals surface area contributed by atoms with Crippen LogP contribution in [0.1, 0.15) is 24.0 Å². The van der Waals surface area contributed by atoms with E-state index in [1.54, 1.807) is 34.5 Å². The summed E-state index contributed by atoms with van der Waals surface area (Å²) < 4.78 is 35.1. The van der Waals surface area contributed by atoms with Crippen LogP contribution in [0.2, 0.25) is 0 Å². The summed E-state index contributed by atoms with van der Waals surface area (Å²) in [4.78, 5) is 26.6. The topological polar surface area (TPSA) is 94.2 Å². The van der Waals surface area contributed by atoms with E-state index in [0.717, 1.165) is 25.2 Å². The third-order valence-corrected chi connectivity index (χ3v) is 7.81. The Labute approximate surface area is 234 Å². The number of carbonyl (C=O) groups is 1. The van der Waals surface area contributed by atoms with Crippen LogP contribution in [0, 0.1) is 11.8 Å². The van der Waals surface area contributed by atoms with Crippen LogP contribution in [-0.4, -0.2) is 72.2 Å². The Bertz CT molecular complexity index is 1180. The van der Waals surface area contributed by atoms with Crippen LogP contribution in [-0.2, 0) is 36.3 Å². The first-order chi connectivity index (χ1) is 19.5. The molecule has 3 aliphatic rings. The van der Waals surface area contributed by atoms with Crippen molar-refractivity contribution in [2.75, 3.05) is 61.3 Å². The van der Waals surface area contributed by atoms with Crippen LogP contribution in [0.5, 0.6) is 23.0 Å². The SMILES string of the molecule is COc1ccc(C2(OCCN3CCCC3)OC(=O)C(C3=CCOO3)C2Cc2cc(OC)c(OC)c(OC)c2)cc1. The highest BCUT2D eigenvalue weighted by molar-refractivity contribution is 5.79. The molecule has 10 heteroatoms. The maximum atomic E-state index is 13.7. The van der Waals surface area contributed by atoms with E-state index in [1.807, 2.05) is 36.4 Å². The quantitative estimate of drug-likeness (QED) is 0.284. The van der Waals surface area contributed by atoms with Gasteiger partial charge in [-0.25, -0.2) is 0 Å². The van der Waals surface area contributed by atoms with Crippen molar-refractivity contribution in [2.45, 2.75) is 25.0 Å². The number of hydrogen-bond donors (Lipinski definition) is 0. The monoisotopic (exact) mass is 555 g/mol. The Morgan fingerprint density at radius 3 is 2.23 bits per heavy atom. The van der Waals surface area contributed by atoms with E-state index in [9.17, 15) is 4.79 Å².